The van der Waals surface area contributed by atoms with Crippen LogP contribution < -0.4 is 14.9 Å². The zero-order valence-electron chi connectivity index (χ0n) is 15.0. The number of rotatable bonds is 6. The van der Waals surface area contributed by atoms with E-state index in [-0.39, 0.29) is 17.2 Å². The van der Waals surface area contributed by atoms with Gasteiger partial charge in [-0.15, -0.1) is 0 Å². The highest BCUT2D eigenvalue weighted by Gasteiger charge is 2.64. The second-order valence-corrected chi connectivity index (χ2v) is 8.20. The highest BCUT2D eigenvalue weighted by Crippen LogP contribution is 2.66. The Balaban J connectivity index is 1.65. The summed E-state index contributed by atoms with van der Waals surface area (Å²) in [4.78, 5) is 12.4. The van der Waals surface area contributed by atoms with Crippen molar-refractivity contribution in [3.05, 3.63) is 21.3 Å². The number of carbonyl (C=O) groups excluding carboxylic acids is 1. The molecule has 0 aliphatic heterocycles. The summed E-state index contributed by atoms with van der Waals surface area (Å²) in [5, 5.41) is 4.17. The van der Waals surface area contributed by atoms with Crippen molar-refractivity contribution >= 4 is 34.7 Å². The third-order valence-electron chi connectivity index (χ3n) is 5.54. The highest BCUT2D eigenvalue weighted by molar-refractivity contribution is 14.1. The summed E-state index contributed by atoms with van der Waals surface area (Å²) in [6.07, 6.45) is 6.49. The highest BCUT2D eigenvalue weighted by atomic mass is 127. The molecule has 2 aliphatic carbocycles. The molecule has 1 amide bonds. The lowest BCUT2D eigenvalue weighted by atomic mass is 9.90. The molecule has 5 nitrogen and oxygen atoms in total. The van der Waals surface area contributed by atoms with Gasteiger partial charge in [0.15, 0.2) is 11.5 Å². The van der Waals surface area contributed by atoms with Crippen molar-refractivity contribution in [3.63, 3.8) is 0 Å². The normalized spacial score (nSPS) is 27.7. The Hall–Kier alpha value is -1.31. The van der Waals surface area contributed by atoms with Crippen molar-refractivity contribution < 1.29 is 14.3 Å². The number of hydrazone groups is 1. The molecule has 0 saturated heterocycles. The number of nitrogens with one attached hydrogen (secondary N) is 1. The van der Waals surface area contributed by atoms with Crippen molar-refractivity contribution in [3.8, 4) is 11.5 Å². The van der Waals surface area contributed by atoms with Gasteiger partial charge in [0, 0.05) is 5.92 Å². The molecule has 25 heavy (non-hydrogen) atoms. The maximum absolute atomic E-state index is 12.4. The minimum atomic E-state index is 0.0545. The van der Waals surface area contributed by atoms with E-state index in [1.165, 1.54) is 19.3 Å². The van der Waals surface area contributed by atoms with E-state index in [0.717, 1.165) is 21.3 Å². The van der Waals surface area contributed by atoms with Gasteiger partial charge in [0.05, 0.1) is 23.5 Å². The third-order valence-corrected chi connectivity index (χ3v) is 6.34. The fraction of sp³-hybridized carbons (Fsp3) is 0.579. The minimum Gasteiger partial charge on any atom is -0.492 e. The van der Waals surface area contributed by atoms with Crippen molar-refractivity contribution in [1.82, 2.24) is 5.43 Å². The van der Waals surface area contributed by atoms with Gasteiger partial charge in [-0.1, -0.05) is 19.8 Å². The van der Waals surface area contributed by atoms with Gasteiger partial charge in [-0.3, -0.25) is 4.79 Å². The predicted molar refractivity (Wildman–Crippen MR) is 106 cm³/mol. The third kappa shape index (κ3) is 3.64. The van der Waals surface area contributed by atoms with E-state index >= 15 is 0 Å². The lowest BCUT2D eigenvalue weighted by molar-refractivity contribution is -0.123. The van der Waals surface area contributed by atoms with E-state index in [4.69, 9.17) is 9.47 Å². The van der Waals surface area contributed by atoms with E-state index in [2.05, 4.69) is 40.0 Å². The molecule has 1 aromatic rings. The number of amides is 1. The molecule has 0 spiro atoms. The van der Waals surface area contributed by atoms with Gasteiger partial charge < -0.3 is 9.47 Å². The van der Waals surface area contributed by atoms with E-state index in [1.807, 2.05) is 19.1 Å². The van der Waals surface area contributed by atoms with Gasteiger partial charge in [0.25, 0.3) is 0 Å². The van der Waals surface area contributed by atoms with Gasteiger partial charge in [-0.05, 0) is 71.4 Å². The SMILES string of the molecule is CCOc1cc(/C=N\NC(=O)[C@@H]2[C@H]3CCCC[C@@]32C)cc(I)c1OC. The number of hydrogen-bond acceptors (Lipinski definition) is 4. The van der Waals surface area contributed by atoms with Crippen LogP contribution in [0, 0.1) is 20.8 Å². The molecule has 2 fully saturated rings. The summed E-state index contributed by atoms with van der Waals surface area (Å²) < 4.78 is 12.0. The second kappa shape index (κ2) is 7.51. The molecule has 0 unspecified atom stereocenters. The van der Waals surface area contributed by atoms with Gasteiger partial charge in [0.1, 0.15) is 0 Å². The number of halogens is 1. The Morgan fingerprint density at radius 2 is 2.28 bits per heavy atom. The van der Waals surface area contributed by atoms with E-state index in [1.54, 1.807) is 13.3 Å². The summed E-state index contributed by atoms with van der Waals surface area (Å²) >= 11 is 2.21. The first-order chi connectivity index (χ1) is 12.0. The van der Waals surface area contributed by atoms with E-state index in [0.29, 0.717) is 18.3 Å². The van der Waals surface area contributed by atoms with Crippen LogP contribution in [0.5, 0.6) is 11.5 Å². The molecule has 0 aromatic heterocycles. The van der Waals surface area contributed by atoms with Crippen molar-refractivity contribution in [2.45, 2.75) is 39.5 Å². The van der Waals surface area contributed by atoms with Crippen LogP contribution in [0.15, 0.2) is 17.2 Å². The molecular weight excluding hydrogens is 431 g/mol. The Kier molecular flexibility index (Phi) is 5.55. The van der Waals surface area contributed by atoms with Crippen LogP contribution in [0.2, 0.25) is 0 Å². The minimum absolute atomic E-state index is 0.0545. The molecule has 2 aliphatic rings. The standard InChI is InChI=1S/C19H25IN2O3/c1-4-25-15-10-12(9-14(20)17(15)24-3)11-21-22-18(23)16-13-7-5-6-8-19(13,16)2/h9-11,13,16H,4-8H2,1-3H3,(H,22,23)/b21-11-/t13-,16+,19+/m1/s1. The smallest absolute Gasteiger partial charge is 0.244 e. The molecule has 0 bridgehead atoms. The van der Waals surface area contributed by atoms with Crippen LogP contribution in [0.1, 0.15) is 45.1 Å². The summed E-state index contributed by atoms with van der Waals surface area (Å²) in [5.41, 5.74) is 3.80. The fourth-order valence-corrected chi connectivity index (χ4v) is 5.06. The van der Waals surface area contributed by atoms with E-state index in [9.17, 15) is 4.79 Å². The molecule has 1 aromatic carbocycles. The largest absolute Gasteiger partial charge is 0.492 e. The maximum atomic E-state index is 12.4. The first-order valence-electron chi connectivity index (χ1n) is 8.84. The number of nitrogens with zero attached hydrogens (tertiary/aromatic N) is 1. The number of carbonyl (C=O) groups is 1. The van der Waals surface area contributed by atoms with Gasteiger partial charge in [0.2, 0.25) is 5.91 Å². The van der Waals surface area contributed by atoms with Gasteiger partial charge >= 0.3 is 0 Å². The topological polar surface area (TPSA) is 59.9 Å². The molecule has 1 N–H and O–H groups in total. The fourth-order valence-electron chi connectivity index (χ4n) is 4.21. The lowest BCUT2D eigenvalue weighted by Gasteiger charge is -2.15. The summed E-state index contributed by atoms with van der Waals surface area (Å²) in [5.74, 6) is 2.13. The van der Waals surface area contributed by atoms with Gasteiger partial charge in [-0.25, -0.2) is 5.43 Å². The molecule has 0 radical (unpaired) electrons. The number of benzene rings is 1. The second-order valence-electron chi connectivity index (χ2n) is 7.04. The molecular formula is C19H25IN2O3. The Morgan fingerprint density at radius 1 is 1.48 bits per heavy atom. The van der Waals surface area contributed by atoms with Crippen molar-refractivity contribution in [1.29, 1.82) is 0 Å². The molecule has 2 saturated carbocycles. The van der Waals surface area contributed by atoms with Crippen LogP contribution in [-0.4, -0.2) is 25.8 Å². The zero-order chi connectivity index (χ0) is 18.0. The summed E-state index contributed by atoms with van der Waals surface area (Å²) in [6.45, 7) is 4.74. The average Bonchev–Trinajstić information content (AvgIpc) is 3.20. The molecule has 0 heterocycles. The first kappa shape index (κ1) is 18.5. The Morgan fingerprint density at radius 3 is 2.92 bits per heavy atom. The van der Waals surface area contributed by atoms with Crippen LogP contribution in [0.3, 0.4) is 0 Å². The summed E-state index contributed by atoms with van der Waals surface area (Å²) in [6, 6.07) is 3.83. The first-order valence-corrected chi connectivity index (χ1v) is 9.92. The monoisotopic (exact) mass is 456 g/mol. The number of hydrogen-bond donors (Lipinski definition) is 1. The molecule has 6 heteroatoms. The molecule has 3 rings (SSSR count). The zero-order valence-corrected chi connectivity index (χ0v) is 17.1. The van der Waals surface area contributed by atoms with Crippen LogP contribution in [0.25, 0.3) is 0 Å². The number of fused-ring (bicyclic) bond motifs is 1. The van der Waals surface area contributed by atoms with E-state index < -0.39 is 0 Å². The van der Waals surface area contributed by atoms with Crippen LogP contribution in [-0.2, 0) is 4.79 Å². The summed E-state index contributed by atoms with van der Waals surface area (Å²) in [7, 11) is 1.63. The van der Waals surface area contributed by atoms with Crippen LogP contribution >= 0.6 is 22.6 Å². The van der Waals surface area contributed by atoms with Gasteiger partial charge in [-0.2, -0.15) is 5.10 Å². The Bertz CT molecular complexity index is 691. The Labute approximate surface area is 162 Å². The maximum Gasteiger partial charge on any atom is 0.244 e. The quantitative estimate of drug-likeness (QED) is 0.401. The lowest BCUT2D eigenvalue weighted by Crippen LogP contribution is -2.22. The average molecular weight is 456 g/mol. The molecule has 3 atom stereocenters. The van der Waals surface area contributed by atoms with Crippen LogP contribution in [0.4, 0.5) is 0 Å². The number of methoxy groups -OCH3 is 1. The predicted octanol–water partition coefficient (Wildman–Crippen LogP) is 3.97. The van der Waals surface area contributed by atoms with Crippen molar-refractivity contribution in [2.75, 3.05) is 13.7 Å². The molecule has 136 valence electrons. The number of ether oxygens (including phenoxy) is 2. The van der Waals surface area contributed by atoms with Crippen molar-refractivity contribution in [2.24, 2.45) is 22.4 Å².